The van der Waals surface area contributed by atoms with Crippen molar-refractivity contribution in [2.75, 3.05) is 30.9 Å². The summed E-state index contributed by atoms with van der Waals surface area (Å²) in [5, 5.41) is 24.8. The van der Waals surface area contributed by atoms with Crippen LogP contribution in [0.1, 0.15) is 27.9 Å². The first-order valence-corrected chi connectivity index (χ1v) is 12.5. The van der Waals surface area contributed by atoms with Gasteiger partial charge in [0.2, 0.25) is 5.91 Å². The lowest BCUT2D eigenvalue weighted by Crippen LogP contribution is -2.40. The molecule has 204 valence electrons. The van der Waals surface area contributed by atoms with Crippen molar-refractivity contribution in [3.8, 4) is 11.5 Å². The van der Waals surface area contributed by atoms with Gasteiger partial charge in [-0.1, -0.05) is 24.3 Å². The van der Waals surface area contributed by atoms with E-state index in [2.05, 4.69) is 10.6 Å². The molecule has 3 aromatic carbocycles. The van der Waals surface area contributed by atoms with E-state index < -0.39 is 18.1 Å². The molecule has 0 aliphatic carbocycles. The Labute approximate surface area is 226 Å². The van der Waals surface area contributed by atoms with Gasteiger partial charge < -0.3 is 35.2 Å². The SMILES string of the molecule is COc1cc(CC(=O)N2C[C@@H](O)C[C@@H]2COc2ccc(C(=O)O)cc2)ccc1NC(=O)Nc1ccccc1C. The maximum absolute atomic E-state index is 13.2. The number of methoxy groups -OCH3 is 1. The van der Waals surface area contributed by atoms with Crippen LogP contribution in [0.25, 0.3) is 0 Å². The van der Waals surface area contributed by atoms with Gasteiger partial charge >= 0.3 is 12.0 Å². The normalized spacial score (nSPS) is 16.4. The quantitative estimate of drug-likeness (QED) is 0.327. The molecule has 2 atom stereocenters. The van der Waals surface area contributed by atoms with Gasteiger partial charge in [-0.05, 0) is 66.9 Å². The van der Waals surface area contributed by atoms with E-state index >= 15 is 0 Å². The Hall–Kier alpha value is -4.57. The van der Waals surface area contributed by atoms with E-state index in [4.69, 9.17) is 14.6 Å². The summed E-state index contributed by atoms with van der Waals surface area (Å²) in [6.45, 7) is 2.26. The maximum Gasteiger partial charge on any atom is 0.335 e. The number of urea groups is 1. The highest BCUT2D eigenvalue weighted by Crippen LogP contribution is 2.28. The Morgan fingerprint density at radius 2 is 1.72 bits per heavy atom. The number of para-hydroxylation sites is 1. The van der Waals surface area contributed by atoms with E-state index in [1.54, 1.807) is 35.2 Å². The number of β-amino-alcohol motifs (C(OH)–C–C–N with tert-alkyl or cyclic N) is 1. The van der Waals surface area contributed by atoms with Crippen molar-refractivity contribution in [3.63, 3.8) is 0 Å². The van der Waals surface area contributed by atoms with E-state index in [9.17, 15) is 19.5 Å². The number of nitrogens with zero attached hydrogens (tertiary/aromatic N) is 1. The number of ether oxygens (including phenoxy) is 2. The van der Waals surface area contributed by atoms with Crippen molar-refractivity contribution < 1.29 is 34.1 Å². The van der Waals surface area contributed by atoms with E-state index in [0.29, 0.717) is 34.9 Å². The lowest BCUT2D eigenvalue weighted by Gasteiger charge is -2.25. The molecule has 4 N–H and O–H groups in total. The highest BCUT2D eigenvalue weighted by atomic mass is 16.5. The van der Waals surface area contributed by atoms with Crippen LogP contribution in [0.2, 0.25) is 0 Å². The van der Waals surface area contributed by atoms with Crippen LogP contribution >= 0.6 is 0 Å². The summed E-state index contributed by atoms with van der Waals surface area (Å²) in [4.78, 5) is 38.3. The number of likely N-dealkylation sites (tertiary alicyclic amines) is 1. The number of carboxylic acid groups (broad SMARTS) is 1. The average Bonchev–Trinajstić information content (AvgIpc) is 3.30. The first-order valence-electron chi connectivity index (χ1n) is 12.5. The fourth-order valence-corrected chi connectivity index (χ4v) is 4.46. The van der Waals surface area contributed by atoms with Gasteiger partial charge in [-0.2, -0.15) is 0 Å². The minimum Gasteiger partial charge on any atom is -0.495 e. The van der Waals surface area contributed by atoms with Gasteiger partial charge in [0.15, 0.2) is 0 Å². The maximum atomic E-state index is 13.2. The van der Waals surface area contributed by atoms with Crippen LogP contribution in [-0.2, 0) is 11.2 Å². The minimum absolute atomic E-state index is 0.0720. The zero-order valence-electron chi connectivity index (χ0n) is 21.7. The molecule has 0 saturated carbocycles. The van der Waals surface area contributed by atoms with Gasteiger partial charge in [0.1, 0.15) is 18.1 Å². The third-order valence-corrected chi connectivity index (χ3v) is 6.52. The van der Waals surface area contributed by atoms with E-state index in [1.165, 1.54) is 19.2 Å². The standard InChI is InChI=1S/C29H31N3O7/c1-18-5-3-4-6-24(18)30-29(37)31-25-12-7-19(13-26(25)38-2)14-27(34)32-16-22(33)15-21(32)17-39-23-10-8-20(9-11-23)28(35)36/h3-13,21-22,33H,14-17H2,1-2H3,(H,35,36)(H2,30,31,37)/t21-,22+/m1/s1. The zero-order chi connectivity index (χ0) is 27.9. The summed E-state index contributed by atoms with van der Waals surface area (Å²) in [5.74, 6) is -0.316. The molecule has 0 aromatic heterocycles. The number of carbonyl (C=O) groups is 3. The van der Waals surface area contributed by atoms with Crippen LogP contribution in [0, 0.1) is 6.92 Å². The van der Waals surface area contributed by atoms with Crippen LogP contribution < -0.4 is 20.1 Å². The number of carbonyl (C=O) groups excluding carboxylic acids is 2. The van der Waals surface area contributed by atoms with Crippen molar-refractivity contribution in [2.45, 2.75) is 31.9 Å². The van der Waals surface area contributed by atoms with Crippen molar-refractivity contribution in [2.24, 2.45) is 0 Å². The van der Waals surface area contributed by atoms with Gasteiger partial charge in [0.25, 0.3) is 0 Å². The molecule has 3 aromatic rings. The van der Waals surface area contributed by atoms with Crippen molar-refractivity contribution >= 4 is 29.3 Å². The third kappa shape index (κ3) is 7.05. The Morgan fingerprint density at radius 1 is 1.00 bits per heavy atom. The van der Waals surface area contributed by atoms with Gasteiger partial charge in [-0.15, -0.1) is 0 Å². The number of aliphatic hydroxyl groups excluding tert-OH is 1. The molecule has 4 rings (SSSR count). The molecule has 1 fully saturated rings. The molecule has 0 bridgehead atoms. The summed E-state index contributed by atoms with van der Waals surface area (Å²) in [6, 6.07) is 17.8. The van der Waals surface area contributed by atoms with Gasteiger partial charge in [-0.25, -0.2) is 9.59 Å². The first-order chi connectivity index (χ1) is 18.7. The largest absolute Gasteiger partial charge is 0.495 e. The number of aliphatic hydroxyl groups is 1. The topological polar surface area (TPSA) is 137 Å². The molecule has 39 heavy (non-hydrogen) atoms. The van der Waals surface area contributed by atoms with Crippen LogP contribution in [0.4, 0.5) is 16.2 Å². The lowest BCUT2D eigenvalue weighted by molar-refractivity contribution is -0.132. The number of aromatic carboxylic acids is 1. The predicted molar refractivity (Wildman–Crippen MR) is 146 cm³/mol. The molecular weight excluding hydrogens is 502 g/mol. The number of nitrogens with one attached hydrogen (secondary N) is 2. The minimum atomic E-state index is -1.02. The average molecular weight is 534 g/mol. The Bertz CT molecular complexity index is 1340. The lowest BCUT2D eigenvalue weighted by atomic mass is 10.1. The summed E-state index contributed by atoms with van der Waals surface area (Å²) >= 11 is 0. The van der Waals surface area contributed by atoms with Crippen molar-refractivity contribution in [1.29, 1.82) is 0 Å². The fraction of sp³-hybridized carbons (Fsp3) is 0.276. The molecule has 10 heteroatoms. The summed E-state index contributed by atoms with van der Waals surface area (Å²) < 4.78 is 11.2. The number of carboxylic acids is 1. The van der Waals surface area contributed by atoms with Crippen LogP contribution in [0.3, 0.4) is 0 Å². The molecule has 10 nitrogen and oxygen atoms in total. The number of hydrogen-bond donors (Lipinski definition) is 4. The van der Waals surface area contributed by atoms with Gasteiger partial charge in [-0.3, -0.25) is 4.79 Å². The van der Waals surface area contributed by atoms with Crippen molar-refractivity contribution in [1.82, 2.24) is 4.90 Å². The molecule has 1 saturated heterocycles. The molecule has 3 amide bonds. The fourth-order valence-electron chi connectivity index (χ4n) is 4.46. The van der Waals surface area contributed by atoms with Gasteiger partial charge in [0.05, 0.1) is 36.9 Å². The second-order valence-electron chi connectivity index (χ2n) is 9.34. The van der Waals surface area contributed by atoms with Crippen LogP contribution in [-0.4, -0.2) is 65.4 Å². The Balaban J connectivity index is 1.37. The second-order valence-corrected chi connectivity index (χ2v) is 9.34. The summed E-state index contributed by atoms with van der Waals surface area (Å²) in [5.41, 5.74) is 2.92. The Kier molecular flexibility index (Phi) is 8.67. The molecular formula is C29H31N3O7. The molecule has 1 aliphatic heterocycles. The number of rotatable bonds is 9. The van der Waals surface area contributed by atoms with Crippen LogP contribution in [0.15, 0.2) is 66.7 Å². The smallest absolute Gasteiger partial charge is 0.335 e. The molecule has 1 aliphatic rings. The predicted octanol–water partition coefficient (Wildman–Crippen LogP) is 3.93. The summed E-state index contributed by atoms with van der Waals surface area (Å²) in [6.07, 6.45) is -0.214. The van der Waals surface area contributed by atoms with Gasteiger partial charge in [0, 0.05) is 12.2 Å². The van der Waals surface area contributed by atoms with E-state index in [0.717, 1.165) is 5.56 Å². The molecule has 1 heterocycles. The monoisotopic (exact) mass is 533 g/mol. The third-order valence-electron chi connectivity index (χ3n) is 6.52. The van der Waals surface area contributed by atoms with Crippen LogP contribution in [0.5, 0.6) is 11.5 Å². The second kappa shape index (κ2) is 12.3. The number of hydrogen-bond acceptors (Lipinski definition) is 6. The zero-order valence-corrected chi connectivity index (χ0v) is 21.7. The van der Waals surface area contributed by atoms with E-state index in [-0.39, 0.29) is 37.1 Å². The number of benzene rings is 3. The summed E-state index contributed by atoms with van der Waals surface area (Å²) in [7, 11) is 1.48. The number of aryl methyl sites for hydroxylation is 1. The highest BCUT2D eigenvalue weighted by Gasteiger charge is 2.34. The number of anilines is 2. The molecule has 0 spiro atoms. The first kappa shape index (κ1) is 27.5. The Morgan fingerprint density at radius 3 is 2.41 bits per heavy atom. The van der Waals surface area contributed by atoms with Crippen molar-refractivity contribution in [3.05, 3.63) is 83.4 Å². The van der Waals surface area contributed by atoms with E-state index in [1.807, 2.05) is 31.2 Å². The highest BCUT2D eigenvalue weighted by molar-refractivity contribution is 6.01. The molecule has 0 radical (unpaired) electrons. The number of amides is 3. The molecule has 0 unspecified atom stereocenters.